The van der Waals surface area contributed by atoms with E-state index < -0.39 is 65.5 Å². The van der Waals surface area contributed by atoms with Crippen LogP contribution in [0, 0.1) is 16.0 Å². The average Bonchev–Trinajstić information content (AvgIpc) is 3.00. The molecule has 2 unspecified atom stereocenters. The van der Waals surface area contributed by atoms with Gasteiger partial charge in [0.05, 0.1) is 4.92 Å². The predicted octanol–water partition coefficient (Wildman–Crippen LogP) is 1.52. The second-order valence-corrected chi connectivity index (χ2v) is 10.1. The number of carbonyl (C=O) groups excluding carboxylic acids is 5. The molecule has 19 heteroatoms. The number of ether oxygens (including phenoxy) is 2. The number of carbonyl (C=O) groups is 6. The number of non-ortho nitro benzene ring substituents is 1. The van der Waals surface area contributed by atoms with Gasteiger partial charge in [-0.2, -0.15) is 5.48 Å². The lowest BCUT2D eigenvalue weighted by Crippen LogP contribution is -2.55. The van der Waals surface area contributed by atoms with Gasteiger partial charge in [0.25, 0.3) is 5.69 Å². The van der Waals surface area contributed by atoms with Crippen LogP contribution in [0.15, 0.2) is 48.5 Å². The molecule has 0 saturated carbocycles. The van der Waals surface area contributed by atoms with E-state index in [1.807, 2.05) is 0 Å². The Morgan fingerprint density at radius 1 is 0.957 bits per heavy atom. The zero-order valence-electron chi connectivity index (χ0n) is 25.3. The molecule has 0 heterocycles. The van der Waals surface area contributed by atoms with Gasteiger partial charge in [0, 0.05) is 24.4 Å². The van der Waals surface area contributed by atoms with Crippen molar-refractivity contribution in [3.63, 3.8) is 0 Å². The number of nitro benzene ring substituents is 1. The summed E-state index contributed by atoms with van der Waals surface area (Å²) in [6.45, 7) is 2.52. The Morgan fingerprint density at radius 2 is 1.62 bits per heavy atom. The molecule has 0 aliphatic heterocycles. The number of rotatable bonds is 17. The fourth-order valence-corrected chi connectivity index (χ4v) is 3.78. The number of benzene rings is 2. The van der Waals surface area contributed by atoms with Gasteiger partial charge < -0.3 is 41.6 Å². The number of primary amides is 1. The van der Waals surface area contributed by atoms with Crippen LogP contribution in [0.4, 0.5) is 25.8 Å². The molecule has 0 fully saturated rings. The number of nitrogens with two attached hydrogens (primary N) is 1. The molecule has 0 aromatic heterocycles. The first kappa shape index (κ1) is 37.2. The summed E-state index contributed by atoms with van der Waals surface area (Å²) in [5.41, 5.74) is 7.33. The molecule has 254 valence electrons. The fourth-order valence-electron chi connectivity index (χ4n) is 3.78. The van der Waals surface area contributed by atoms with Gasteiger partial charge in [-0.05, 0) is 48.6 Å². The molecule has 2 aromatic rings. The first-order valence-corrected chi connectivity index (χ1v) is 14.0. The molecule has 0 bridgehead atoms. The number of carboxylic acid groups (broad SMARTS) is 1. The lowest BCUT2D eigenvalue weighted by Gasteiger charge is -2.25. The highest BCUT2D eigenvalue weighted by atomic mass is 16.7. The highest BCUT2D eigenvalue weighted by molar-refractivity contribution is 5.98. The number of hydrogen-bond donors (Lipinski definition) is 7. The second-order valence-electron chi connectivity index (χ2n) is 10.1. The number of urea groups is 1. The van der Waals surface area contributed by atoms with Crippen molar-refractivity contribution < 1.29 is 53.1 Å². The van der Waals surface area contributed by atoms with Crippen LogP contribution in [0.3, 0.4) is 0 Å². The lowest BCUT2D eigenvalue weighted by atomic mass is 10.0. The predicted molar refractivity (Wildman–Crippen MR) is 162 cm³/mol. The molecule has 2 aromatic carbocycles. The molecule has 2 atom stereocenters. The first-order chi connectivity index (χ1) is 22.2. The number of nitrogens with zero attached hydrogens (tertiary/aromatic N) is 1. The largest absolute Gasteiger partial charge is 0.514 e. The van der Waals surface area contributed by atoms with Gasteiger partial charge in [-0.3, -0.25) is 29.3 Å². The van der Waals surface area contributed by atoms with E-state index in [2.05, 4.69) is 26.1 Å². The molecular formula is C28H35N7O12. The topological polar surface area (TPSA) is 280 Å². The number of anilines is 1. The SMILES string of the molecule is CC(C)C(NC(=O)CONC(=O)O)C(=O)NC(CCCNC(N)=O)C(=O)Nc1ccc(COC(=O)Oc2ccc([N+](=O)[O-])cc2)cc1. The summed E-state index contributed by atoms with van der Waals surface area (Å²) in [7, 11) is 0. The van der Waals surface area contributed by atoms with Gasteiger partial charge in [0.2, 0.25) is 17.7 Å². The third-order valence-electron chi connectivity index (χ3n) is 6.06. The maximum atomic E-state index is 13.2. The third-order valence-corrected chi connectivity index (χ3v) is 6.06. The Labute approximate surface area is 267 Å². The zero-order chi connectivity index (χ0) is 34.9. The van der Waals surface area contributed by atoms with E-state index in [9.17, 15) is 38.9 Å². The summed E-state index contributed by atoms with van der Waals surface area (Å²) in [4.78, 5) is 86.6. The smallest absolute Gasteiger partial charge is 0.464 e. The van der Waals surface area contributed by atoms with E-state index in [-0.39, 0.29) is 37.4 Å². The monoisotopic (exact) mass is 661 g/mol. The molecule has 8 N–H and O–H groups in total. The van der Waals surface area contributed by atoms with Gasteiger partial charge >= 0.3 is 18.3 Å². The number of nitro groups is 1. The highest BCUT2D eigenvalue weighted by Gasteiger charge is 2.29. The van der Waals surface area contributed by atoms with Crippen molar-refractivity contribution in [1.82, 2.24) is 21.4 Å². The molecule has 0 spiro atoms. The molecule has 0 saturated heterocycles. The van der Waals surface area contributed by atoms with E-state index in [0.717, 1.165) is 0 Å². The summed E-state index contributed by atoms with van der Waals surface area (Å²) in [6.07, 6.45) is -2.23. The molecule has 2 rings (SSSR count). The zero-order valence-corrected chi connectivity index (χ0v) is 25.3. The van der Waals surface area contributed by atoms with Crippen LogP contribution in [0.25, 0.3) is 0 Å². The molecular weight excluding hydrogens is 626 g/mol. The van der Waals surface area contributed by atoms with Crippen LogP contribution in [0.1, 0.15) is 32.3 Å². The summed E-state index contributed by atoms with van der Waals surface area (Å²) in [6, 6.07) is 8.02. The van der Waals surface area contributed by atoms with Gasteiger partial charge in [-0.25, -0.2) is 14.4 Å². The molecule has 19 nitrogen and oxygen atoms in total. The third kappa shape index (κ3) is 14.1. The number of hydrogen-bond acceptors (Lipinski definition) is 11. The van der Waals surface area contributed by atoms with Gasteiger partial charge in [-0.15, -0.1) is 0 Å². The van der Waals surface area contributed by atoms with Crippen molar-refractivity contribution in [3.05, 3.63) is 64.2 Å². The Balaban J connectivity index is 1.99. The quantitative estimate of drug-likeness (QED) is 0.0418. The highest BCUT2D eigenvalue weighted by Crippen LogP contribution is 2.18. The maximum absolute atomic E-state index is 13.2. The molecule has 0 aliphatic rings. The van der Waals surface area contributed by atoms with E-state index in [1.165, 1.54) is 36.4 Å². The van der Waals surface area contributed by atoms with Crippen molar-refractivity contribution in [2.45, 2.75) is 45.4 Å². The van der Waals surface area contributed by atoms with E-state index in [0.29, 0.717) is 11.3 Å². The molecule has 47 heavy (non-hydrogen) atoms. The Kier molecular flexibility index (Phi) is 14.8. The van der Waals surface area contributed by atoms with Crippen LogP contribution in [-0.4, -0.2) is 71.3 Å². The first-order valence-electron chi connectivity index (χ1n) is 14.0. The molecule has 0 aliphatic carbocycles. The van der Waals surface area contributed by atoms with Gasteiger partial charge in [0.15, 0.2) is 6.61 Å². The van der Waals surface area contributed by atoms with Crippen molar-refractivity contribution >= 4 is 47.4 Å². The van der Waals surface area contributed by atoms with Crippen LogP contribution < -0.4 is 37.2 Å². The average molecular weight is 662 g/mol. The van der Waals surface area contributed by atoms with E-state index in [1.54, 1.807) is 31.5 Å². The number of nitrogens with one attached hydrogen (secondary N) is 5. The lowest BCUT2D eigenvalue weighted by molar-refractivity contribution is -0.384. The summed E-state index contributed by atoms with van der Waals surface area (Å²) >= 11 is 0. The Bertz CT molecular complexity index is 1420. The van der Waals surface area contributed by atoms with Gasteiger partial charge in [-0.1, -0.05) is 26.0 Å². The van der Waals surface area contributed by atoms with E-state index in [4.69, 9.17) is 20.3 Å². The van der Waals surface area contributed by atoms with Crippen molar-refractivity contribution in [2.24, 2.45) is 11.7 Å². The van der Waals surface area contributed by atoms with Crippen molar-refractivity contribution in [1.29, 1.82) is 0 Å². The van der Waals surface area contributed by atoms with Crippen LogP contribution >= 0.6 is 0 Å². The Morgan fingerprint density at radius 3 is 2.19 bits per heavy atom. The number of hydroxylamine groups is 1. The van der Waals surface area contributed by atoms with Crippen LogP contribution in [0.5, 0.6) is 5.75 Å². The second kappa shape index (κ2) is 18.7. The summed E-state index contributed by atoms with van der Waals surface area (Å²) in [5.74, 6) is -2.49. The summed E-state index contributed by atoms with van der Waals surface area (Å²) in [5, 5.41) is 29.4. The minimum Gasteiger partial charge on any atom is -0.464 e. The van der Waals surface area contributed by atoms with Crippen LogP contribution in [0.2, 0.25) is 0 Å². The maximum Gasteiger partial charge on any atom is 0.514 e. The van der Waals surface area contributed by atoms with Gasteiger partial charge in [0.1, 0.15) is 24.4 Å². The van der Waals surface area contributed by atoms with Crippen LogP contribution in [-0.2, 0) is 30.6 Å². The Hall–Kier alpha value is -5.98. The number of amides is 6. The standard InChI is InChI=1S/C28H35N7O12/c1-16(2)23(33-22(36)15-46-34-27(40)41)25(38)32-21(4-3-13-30-26(29)39)24(37)31-18-7-5-17(6-8-18)14-45-28(42)47-20-11-9-19(10-12-20)35(43)44/h5-12,16,21,23,34H,3-4,13-15H2,1-2H3,(H,31,37)(H,32,38)(H,33,36)(H,40,41)(H3,29,30,39). The van der Waals surface area contributed by atoms with Crippen molar-refractivity contribution in [3.8, 4) is 5.75 Å². The fraction of sp³-hybridized carbons (Fsp3) is 0.357. The van der Waals surface area contributed by atoms with E-state index >= 15 is 0 Å². The summed E-state index contributed by atoms with van der Waals surface area (Å²) < 4.78 is 10.0. The molecule has 0 radical (unpaired) electrons. The normalized spacial score (nSPS) is 11.7. The minimum absolute atomic E-state index is 0.0508. The molecule has 6 amide bonds. The minimum atomic E-state index is -1.51. The van der Waals surface area contributed by atoms with Crippen molar-refractivity contribution in [2.75, 3.05) is 18.5 Å².